The van der Waals surface area contributed by atoms with Crippen LogP contribution in [0.2, 0.25) is 0 Å². The van der Waals surface area contributed by atoms with Crippen LogP contribution in [-0.4, -0.2) is 55.9 Å². The van der Waals surface area contributed by atoms with E-state index in [0.717, 1.165) is 24.8 Å². The zero-order valence-corrected chi connectivity index (χ0v) is 16.7. The summed E-state index contributed by atoms with van der Waals surface area (Å²) in [7, 11) is 1.51. The fourth-order valence-corrected chi connectivity index (χ4v) is 2.04. The van der Waals surface area contributed by atoms with Gasteiger partial charge in [0.2, 0.25) is 5.91 Å². The van der Waals surface area contributed by atoms with E-state index in [2.05, 4.69) is 31.3 Å². The summed E-state index contributed by atoms with van der Waals surface area (Å²) in [5, 5.41) is 12.4. The summed E-state index contributed by atoms with van der Waals surface area (Å²) in [4.78, 5) is 11.8. The Kier molecular flexibility index (Phi) is 12.3. The molecule has 1 aromatic carbocycles. The SMILES string of the molecule is COc1cc(CNC(=O)CCCC/C=C/C(C)C)ccc1O.[Ca+2].[H-].[H-]. The molecule has 0 aromatic heterocycles. The average Bonchev–Trinajstić information content (AvgIpc) is 2.49. The molecule has 1 rings (SSSR count). The summed E-state index contributed by atoms with van der Waals surface area (Å²) in [6.45, 7) is 4.76. The van der Waals surface area contributed by atoms with Crippen molar-refractivity contribution in [1.82, 2.24) is 5.32 Å². The Morgan fingerprint density at radius 1 is 1.39 bits per heavy atom. The summed E-state index contributed by atoms with van der Waals surface area (Å²) in [6, 6.07) is 5.07. The summed E-state index contributed by atoms with van der Waals surface area (Å²) < 4.78 is 5.04. The number of phenols is 1. The smallest absolute Gasteiger partial charge is 1.00 e. The Labute approximate surface area is 172 Å². The fraction of sp³-hybridized carbons (Fsp3) is 0.500. The summed E-state index contributed by atoms with van der Waals surface area (Å²) in [5.41, 5.74) is 0.905. The molecule has 2 N–H and O–H groups in total. The average molecular weight is 348 g/mol. The second kappa shape index (κ2) is 12.7. The van der Waals surface area contributed by atoms with Gasteiger partial charge in [-0.1, -0.05) is 32.1 Å². The topological polar surface area (TPSA) is 58.6 Å². The molecule has 0 saturated heterocycles. The van der Waals surface area contributed by atoms with E-state index in [1.54, 1.807) is 18.2 Å². The number of methoxy groups -OCH3 is 1. The van der Waals surface area contributed by atoms with Gasteiger partial charge in [-0.3, -0.25) is 4.79 Å². The number of unbranched alkanes of at least 4 members (excludes halogenated alkanes) is 2. The maximum Gasteiger partial charge on any atom is 2.00 e. The van der Waals surface area contributed by atoms with Crippen LogP contribution in [0.15, 0.2) is 30.4 Å². The van der Waals surface area contributed by atoms with Gasteiger partial charge in [-0.25, -0.2) is 0 Å². The van der Waals surface area contributed by atoms with Crippen molar-refractivity contribution in [2.75, 3.05) is 7.11 Å². The third-order valence-corrected chi connectivity index (χ3v) is 3.28. The van der Waals surface area contributed by atoms with Gasteiger partial charge in [-0.05, 0) is 42.9 Å². The molecule has 0 bridgehead atoms. The number of phenolic OH excluding ortho intramolecular Hbond substituents is 1. The third-order valence-electron chi connectivity index (χ3n) is 3.28. The first kappa shape index (κ1) is 22.3. The Bertz CT molecular complexity index is 511. The normalized spacial score (nSPS) is 10.6. The number of amides is 1. The third kappa shape index (κ3) is 9.90. The number of hydrogen-bond acceptors (Lipinski definition) is 3. The molecule has 5 heteroatoms. The van der Waals surface area contributed by atoms with Crippen LogP contribution in [0, 0.1) is 5.92 Å². The van der Waals surface area contributed by atoms with Gasteiger partial charge in [0, 0.05) is 13.0 Å². The largest absolute Gasteiger partial charge is 2.00 e. The van der Waals surface area contributed by atoms with Gasteiger partial charge in [-0.2, -0.15) is 0 Å². The molecule has 0 unspecified atom stereocenters. The van der Waals surface area contributed by atoms with Crippen LogP contribution in [0.1, 0.15) is 47.9 Å². The van der Waals surface area contributed by atoms with Crippen LogP contribution in [0.5, 0.6) is 11.5 Å². The molecule has 0 heterocycles. The van der Waals surface area contributed by atoms with Crippen molar-refractivity contribution in [2.45, 2.75) is 46.1 Å². The van der Waals surface area contributed by atoms with Crippen LogP contribution in [0.3, 0.4) is 0 Å². The molecule has 1 aromatic rings. The molecule has 0 radical (unpaired) electrons. The zero-order chi connectivity index (χ0) is 16.4. The van der Waals surface area contributed by atoms with Crippen LogP contribution < -0.4 is 10.1 Å². The molecule has 0 atom stereocenters. The zero-order valence-electron chi connectivity index (χ0n) is 16.5. The van der Waals surface area contributed by atoms with Gasteiger partial charge in [0.05, 0.1) is 7.11 Å². The Balaban J connectivity index is -0.00000161. The van der Waals surface area contributed by atoms with Crippen molar-refractivity contribution < 1.29 is 17.5 Å². The summed E-state index contributed by atoms with van der Waals surface area (Å²) >= 11 is 0. The number of carbonyl (C=O) groups is 1. The minimum atomic E-state index is 0. The van der Waals surface area contributed by atoms with Crippen molar-refractivity contribution in [2.24, 2.45) is 5.92 Å². The van der Waals surface area contributed by atoms with Gasteiger partial charge in [0.25, 0.3) is 0 Å². The monoisotopic (exact) mass is 347 g/mol. The molecule has 1 amide bonds. The Hall–Kier alpha value is -0.710. The van der Waals surface area contributed by atoms with E-state index in [1.807, 2.05) is 0 Å². The molecule has 0 saturated carbocycles. The van der Waals surface area contributed by atoms with E-state index < -0.39 is 0 Å². The van der Waals surface area contributed by atoms with E-state index in [9.17, 15) is 9.90 Å². The number of hydrogen-bond donors (Lipinski definition) is 2. The van der Waals surface area contributed by atoms with Crippen LogP contribution in [0.25, 0.3) is 0 Å². The minimum Gasteiger partial charge on any atom is -1.00 e. The molecule has 0 aliphatic carbocycles. The van der Waals surface area contributed by atoms with Crippen molar-refractivity contribution in [1.29, 1.82) is 0 Å². The second-order valence-corrected chi connectivity index (χ2v) is 5.70. The van der Waals surface area contributed by atoms with Crippen molar-refractivity contribution in [3.05, 3.63) is 35.9 Å². The molecule has 126 valence electrons. The summed E-state index contributed by atoms with van der Waals surface area (Å²) in [6.07, 6.45) is 7.88. The summed E-state index contributed by atoms with van der Waals surface area (Å²) in [5.74, 6) is 1.17. The van der Waals surface area contributed by atoms with E-state index in [4.69, 9.17) is 4.74 Å². The quantitative estimate of drug-likeness (QED) is 0.407. The molecule has 0 aliphatic rings. The first-order valence-corrected chi connectivity index (χ1v) is 7.82. The molecule has 0 spiro atoms. The van der Waals surface area contributed by atoms with E-state index in [-0.39, 0.29) is 52.2 Å². The molecule has 4 nitrogen and oxygen atoms in total. The number of allylic oxidation sites excluding steroid dienone is 2. The first-order chi connectivity index (χ1) is 10.5. The fourth-order valence-electron chi connectivity index (χ4n) is 2.04. The van der Waals surface area contributed by atoms with Crippen LogP contribution >= 0.6 is 0 Å². The molecule has 0 fully saturated rings. The number of benzene rings is 1. The number of ether oxygens (including phenoxy) is 1. The Morgan fingerprint density at radius 3 is 2.78 bits per heavy atom. The predicted octanol–water partition coefficient (Wildman–Crippen LogP) is 3.63. The number of nitrogens with one attached hydrogen (secondary N) is 1. The molecule has 0 aliphatic heterocycles. The number of aromatic hydroxyl groups is 1. The van der Waals surface area contributed by atoms with Gasteiger partial charge in [-0.15, -0.1) is 0 Å². The maximum atomic E-state index is 11.8. The number of carbonyl (C=O) groups excluding carboxylic acids is 1. The predicted molar refractivity (Wildman–Crippen MR) is 96.9 cm³/mol. The molecular weight excluding hydrogens is 318 g/mol. The van der Waals surface area contributed by atoms with Gasteiger partial charge in [0.15, 0.2) is 11.5 Å². The van der Waals surface area contributed by atoms with Gasteiger partial charge in [0.1, 0.15) is 0 Å². The molecular formula is C18H29CaNO3. The van der Waals surface area contributed by atoms with Gasteiger partial charge < -0.3 is 18.0 Å². The van der Waals surface area contributed by atoms with Crippen LogP contribution in [0.4, 0.5) is 0 Å². The van der Waals surface area contributed by atoms with Gasteiger partial charge >= 0.3 is 37.7 Å². The van der Waals surface area contributed by atoms with Crippen molar-refractivity contribution in [3.63, 3.8) is 0 Å². The number of rotatable bonds is 9. The minimum absolute atomic E-state index is 0. The van der Waals surface area contributed by atoms with E-state index >= 15 is 0 Å². The Morgan fingerprint density at radius 2 is 2.13 bits per heavy atom. The first-order valence-electron chi connectivity index (χ1n) is 7.82. The molecule has 23 heavy (non-hydrogen) atoms. The van der Waals surface area contributed by atoms with E-state index in [0.29, 0.717) is 24.6 Å². The van der Waals surface area contributed by atoms with Crippen molar-refractivity contribution in [3.8, 4) is 11.5 Å². The van der Waals surface area contributed by atoms with Crippen LogP contribution in [-0.2, 0) is 11.3 Å². The van der Waals surface area contributed by atoms with Crippen molar-refractivity contribution >= 4 is 43.6 Å². The maximum absolute atomic E-state index is 11.8. The second-order valence-electron chi connectivity index (χ2n) is 5.70. The van der Waals surface area contributed by atoms with E-state index in [1.165, 1.54) is 7.11 Å². The standard InChI is InChI=1S/C18H27NO3.Ca.2H/c1-14(2)8-6-4-5-7-9-18(21)19-13-15-10-11-16(20)17(12-15)22-3;;;/h6,8,10-12,14,20H,4-5,7,9,13H2,1-3H3,(H,19,21);;;/q;+2;2*-1/b8-6+;;;.